The molecule has 0 amide bonds. The predicted molar refractivity (Wildman–Crippen MR) is 76.9 cm³/mol. The first kappa shape index (κ1) is 16.2. The van der Waals surface area contributed by atoms with Crippen molar-refractivity contribution in [2.75, 3.05) is 19.5 Å². The van der Waals surface area contributed by atoms with Gasteiger partial charge in [-0.05, 0) is 38.5 Å². The van der Waals surface area contributed by atoms with Gasteiger partial charge in [-0.2, -0.15) is 0 Å². The topological polar surface area (TPSA) is 81.4 Å². The van der Waals surface area contributed by atoms with E-state index in [1.165, 1.54) is 19.2 Å². The number of halogens is 1. The van der Waals surface area contributed by atoms with Gasteiger partial charge in [0.15, 0.2) is 0 Å². The minimum absolute atomic E-state index is 0.0264. The fraction of sp³-hybridized carbons (Fsp3) is 0.500. The Morgan fingerprint density at radius 1 is 1.42 bits per heavy atom. The van der Waals surface area contributed by atoms with Crippen molar-refractivity contribution in [1.82, 2.24) is 4.72 Å². The molecule has 0 saturated carbocycles. The molecule has 0 fully saturated rings. The Balaban J connectivity index is 3.18. The molecular weight excluding hydrogens is 288 g/mol. The number of hydrogen-bond donors (Lipinski definition) is 2. The van der Waals surface area contributed by atoms with Crippen LogP contribution < -0.4 is 10.5 Å². The summed E-state index contributed by atoms with van der Waals surface area (Å²) in [6.07, 6.45) is 0. The predicted octanol–water partition coefficient (Wildman–Crippen LogP) is 1.93. The highest BCUT2D eigenvalue weighted by atomic mass is 35.5. The summed E-state index contributed by atoms with van der Waals surface area (Å²) in [7, 11) is -2.25. The van der Waals surface area contributed by atoms with Gasteiger partial charge in [-0.3, -0.25) is 0 Å². The molecule has 0 unspecified atom stereocenters. The second-order valence-electron chi connectivity index (χ2n) is 5.06. The molecule has 0 radical (unpaired) electrons. The van der Waals surface area contributed by atoms with Crippen molar-refractivity contribution in [3.8, 4) is 0 Å². The lowest BCUT2D eigenvalue weighted by molar-refractivity contribution is 0.141. The summed E-state index contributed by atoms with van der Waals surface area (Å²) in [6, 6.07) is 2.90. The largest absolute Gasteiger partial charge is 0.398 e. The second kappa shape index (κ2) is 5.66. The van der Waals surface area contributed by atoms with Crippen molar-refractivity contribution in [3.63, 3.8) is 0 Å². The van der Waals surface area contributed by atoms with Gasteiger partial charge in [0.05, 0.1) is 17.2 Å². The monoisotopic (exact) mass is 306 g/mol. The minimum atomic E-state index is -3.75. The second-order valence-corrected chi connectivity index (χ2v) is 7.12. The van der Waals surface area contributed by atoms with Gasteiger partial charge in [0.25, 0.3) is 0 Å². The van der Waals surface area contributed by atoms with Crippen LogP contribution in [-0.2, 0) is 14.8 Å². The van der Waals surface area contributed by atoms with Crippen molar-refractivity contribution in [3.05, 3.63) is 22.7 Å². The molecule has 0 spiro atoms. The number of hydrogen-bond acceptors (Lipinski definition) is 4. The molecule has 0 bridgehead atoms. The van der Waals surface area contributed by atoms with E-state index in [2.05, 4.69) is 4.72 Å². The van der Waals surface area contributed by atoms with E-state index < -0.39 is 15.6 Å². The number of sulfonamides is 1. The Morgan fingerprint density at radius 2 is 2.00 bits per heavy atom. The molecule has 0 aliphatic rings. The standard InChI is InChI=1S/C12H19ClN2O3S/c1-8-5-9(13)11(6-10(8)14)19(16,17)15-12(2,3)7-18-4/h5-6,15H,7,14H2,1-4H3. The zero-order valence-electron chi connectivity index (χ0n) is 11.5. The van der Waals surface area contributed by atoms with E-state index in [0.29, 0.717) is 5.69 Å². The lowest BCUT2D eigenvalue weighted by atomic mass is 10.1. The van der Waals surface area contributed by atoms with Crippen LogP contribution >= 0.6 is 11.6 Å². The maximum atomic E-state index is 12.3. The molecule has 0 aliphatic heterocycles. The SMILES string of the molecule is COCC(C)(C)NS(=O)(=O)c1cc(N)c(C)cc1Cl. The van der Waals surface area contributed by atoms with Gasteiger partial charge in [0.2, 0.25) is 10.0 Å². The maximum absolute atomic E-state index is 12.3. The van der Waals surface area contributed by atoms with Crippen LogP contribution in [-0.4, -0.2) is 27.7 Å². The average Bonchev–Trinajstić information content (AvgIpc) is 2.21. The minimum Gasteiger partial charge on any atom is -0.398 e. The third-order valence-electron chi connectivity index (χ3n) is 2.53. The van der Waals surface area contributed by atoms with E-state index in [1.54, 1.807) is 20.8 Å². The third kappa shape index (κ3) is 4.07. The van der Waals surface area contributed by atoms with E-state index in [1.807, 2.05) is 0 Å². The molecule has 5 nitrogen and oxygen atoms in total. The maximum Gasteiger partial charge on any atom is 0.242 e. The third-order valence-corrected chi connectivity index (χ3v) is 4.69. The van der Waals surface area contributed by atoms with Crippen LogP contribution in [0.3, 0.4) is 0 Å². The Bertz CT molecular complexity index is 571. The summed E-state index contributed by atoms with van der Waals surface area (Å²) in [5, 5.41) is 0.146. The zero-order chi connectivity index (χ0) is 14.8. The van der Waals surface area contributed by atoms with Crippen LogP contribution in [0.1, 0.15) is 19.4 Å². The highest BCUT2D eigenvalue weighted by Crippen LogP contribution is 2.27. The smallest absolute Gasteiger partial charge is 0.242 e. The Morgan fingerprint density at radius 3 is 2.53 bits per heavy atom. The number of aryl methyl sites for hydroxylation is 1. The number of nitrogens with one attached hydrogen (secondary N) is 1. The molecule has 0 aliphatic carbocycles. The number of rotatable bonds is 5. The van der Waals surface area contributed by atoms with E-state index in [9.17, 15) is 8.42 Å². The van der Waals surface area contributed by atoms with Crippen molar-refractivity contribution < 1.29 is 13.2 Å². The fourth-order valence-electron chi connectivity index (χ4n) is 1.68. The zero-order valence-corrected chi connectivity index (χ0v) is 13.0. The highest BCUT2D eigenvalue weighted by Gasteiger charge is 2.28. The highest BCUT2D eigenvalue weighted by molar-refractivity contribution is 7.89. The van der Waals surface area contributed by atoms with Gasteiger partial charge in [-0.1, -0.05) is 11.6 Å². The van der Waals surface area contributed by atoms with Crippen LogP contribution in [0.5, 0.6) is 0 Å². The van der Waals surface area contributed by atoms with Crippen LogP contribution in [0.2, 0.25) is 5.02 Å². The van der Waals surface area contributed by atoms with Gasteiger partial charge in [-0.25, -0.2) is 13.1 Å². The molecule has 1 rings (SSSR count). The normalized spacial score (nSPS) is 12.7. The van der Waals surface area contributed by atoms with Crippen LogP contribution in [0.15, 0.2) is 17.0 Å². The van der Waals surface area contributed by atoms with Gasteiger partial charge >= 0.3 is 0 Å². The number of nitrogen functional groups attached to an aromatic ring is 1. The number of anilines is 1. The summed E-state index contributed by atoms with van der Waals surface area (Å²) in [5.41, 5.74) is 6.11. The molecule has 0 saturated heterocycles. The summed E-state index contributed by atoms with van der Waals surface area (Å²) < 4.78 is 32.1. The number of ether oxygens (including phenoxy) is 1. The molecule has 1 aromatic carbocycles. The van der Waals surface area contributed by atoms with Crippen LogP contribution in [0.25, 0.3) is 0 Å². The van der Waals surface area contributed by atoms with Crippen molar-refractivity contribution >= 4 is 27.3 Å². The quantitative estimate of drug-likeness (QED) is 0.815. The first-order valence-corrected chi connectivity index (χ1v) is 7.54. The summed E-state index contributed by atoms with van der Waals surface area (Å²) in [6.45, 7) is 5.45. The first-order valence-electron chi connectivity index (χ1n) is 5.67. The van der Waals surface area contributed by atoms with E-state index in [0.717, 1.165) is 5.56 Å². The van der Waals surface area contributed by atoms with Gasteiger partial charge in [-0.15, -0.1) is 0 Å². The molecular formula is C12H19ClN2O3S. The Kier molecular flexibility index (Phi) is 4.84. The number of benzene rings is 1. The Hall–Kier alpha value is -0.820. The van der Waals surface area contributed by atoms with Gasteiger partial charge in [0, 0.05) is 12.8 Å². The summed E-state index contributed by atoms with van der Waals surface area (Å²) >= 11 is 5.99. The fourth-order valence-corrected chi connectivity index (χ4v) is 3.70. The lowest BCUT2D eigenvalue weighted by Gasteiger charge is -2.25. The van der Waals surface area contributed by atoms with Crippen molar-refractivity contribution in [2.45, 2.75) is 31.2 Å². The number of nitrogens with two attached hydrogens (primary N) is 1. The van der Waals surface area contributed by atoms with Crippen LogP contribution in [0.4, 0.5) is 5.69 Å². The van der Waals surface area contributed by atoms with Gasteiger partial charge in [0.1, 0.15) is 4.90 Å². The lowest BCUT2D eigenvalue weighted by Crippen LogP contribution is -2.46. The molecule has 0 atom stereocenters. The Labute approximate surface area is 119 Å². The molecule has 7 heteroatoms. The molecule has 19 heavy (non-hydrogen) atoms. The molecule has 3 N–H and O–H groups in total. The van der Waals surface area contributed by atoms with Gasteiger partial charge < -0.3 is 10.5 Å². The molecule has 108 valence electrons. The summed E-state index contributed by atoms with van der Waals surface area (Å²) in [5.74, 6) is 0. The average molecular weight is 307 g/mol. The first-order chi connectivity index (χ1) is 8.59. The molecule has 0 aromatic heterocycles. The van der Waals surface area contributed by atoms with E-state index >= 15 is 0 Å². The molecule has 1 aromatic rings. The molecule has 0 heterocycles. The van der Waals surface area contributed by atoms with Crippen molar-refractivity contribution in [1.29, 1.82) is 0 Å². The van der Waals surface area contributed by atoms with Crippen LogP contribution in [0, 0.1) is 6.92 Å². The summed E-state index contributed by atoms with van der Waals surface area (Å²) in [4.78, 5) is -0.0264. The van der Waals surface area contributed by atoms with E-state index in [-0.39, 0.29) is 16.5 Å². The van der Waals surface area contributed by atoms with Crippen molar-refractivity contribution in [2.24, 2.45) is 0 Å². The number of methoxy groups -OCH3 is 1. The van der Waals surface area contributed by atoms with E-state index in [4.69, 9.17) is 22.1 Å².